The van der Waals surface area contributed by atoms with Crippen molar-refractivity contribution < 1.29 is 27.9 Å². The van der Waals surface area contributed by atoms with Gasteiger partial charge in [-0.2, -0.15) is 0 Å². The number of aliphatic carboxylic acids is 1. The highest BCUT2D eigenvalue weighted by molar-refractivity contribution is 7.90. The van der Waals surface area contributed by atoms with Crippen molar-refractivity contribution in [1.29, 1.82) is 0 Å². The molecule has 1 amide bonds. The van der Waals surface area contributed by atoms with Crippen LogP contribution >= 0.6 is 0 Å². The fourth-order valence-corrected chi connectivity index (χ4v) is 7.08. The van der Waals surface area contributed by atoms with Crippen molar-refractivity contribution in [1.82, 2.24) is 10.2 Å². The SMILES string of the molecule is CC.CC.CCCCC.Cc1ccccc1-c1cc(CN2CCC[C@H]2COCC2CCCCC2)ccc1C(=O)NC(CCS(C)(=O)=O)C(=O)O. The van der Waals surface area contributed by atoms with Crippen molar-refractivity contribution >= 4 is 21.7 Å². The van der Waals surface area contributed by atoms with Crippen molar-refractivity contribution in [3.05, 3.63) is 59.2 Å². The molecule has 1 heterocycles. The number of amides is 1. The molecule has 2 fully saturated rings. The number of carbonyl (C=O) groups is 2. The van der Waals surface area contributed by atoms with Crippen molar-refractivity contribution in [2.24, 2.45) is 5.92 Å². The lowest BCUT2D eigenvalue weighted by atomic mass is 9.90. The summed E-state index contributed by atoms with van der Waals surface area (Å²) in [6.07, 6.45) is 13.7. The van der Waals surface area contributed by atoms with Crippen LogP contribution in [0, 0.1) is 12.8 Å². The second-order valence-electron chi connectivity index (χ2n) is 13.1. The third kappa shape index (κ3) is 16.5. The molecule has 0 radical (unpaired) electrons. The summed E-state index contributed by atoms with van der Waals surface area (Å²) in [6.45, 7) is 17.7. The number of carboxylic acid groups (broad SMARTS) is 1. The van der Waals surface area contributed by atoms with E-state index in [0.29, 0.717) is 17.5 Å². The molecule has 0 bridgehead atoms. The number of rotatable bonds is 15. The van der Waals surface area contributed by atoms with Gasteiger partial charge in [0.25, 0.3) is 5.91 Å². The van der Waals surface area contributed by atoms with Crippen LogP contribution in [0.5, 0.6) is 0 Å². The number of hydrogen-bond acceptors (Lipinski definition) is 6. The van der Waals surface area contributed by atoms with Gasteiger partial charge in [-0.3, -0.25) is 9.69 Å². The van der Waals surface area contributed by atoms with Gasteiger partial charge in [-0.25, -0.2) is 13.2 Å². The monoisotopic (exact) mass is 716 g/mol. The van der Waals surface area contributed by atoms with Crippen LogP contribution in [0.15, 0.2) is 42.5 Å². The Kier molecular flexibility index (Phi) is 22.9. The third-order valence-corrected chi connectivity index (χ3v) is 10.1. The summed E-state index contributed by atoms with van der Waals surface area (Å²) in [6, 6.07) is 12.6. The van der Waals surface area contributed by atoms with Gasteiger partial charge in [0.1, 0.15) is 15.9 Å². The first kappa shape index (κ1) is 45.3. The number of aryl methyl sites for hydroxylation is 1. The van der Waals surface area contributed by atoms with E-state index >= 15 is 0 Å². The molecule has 4 rings (SSSR count). The molecule has 2 atom stereocenters. The number of hydrogen-bond donors (Lipinski definition) is 2. The maximum atomic E-state index is 13.4. The molecule has 1 saturated heterocycles. The fraction of sp³-hybridized carbons (Fsp3) is 0.659. The Morgan fingerprint density at radius 3 is 2.16 bits per heavy atom. The molecular weight excluding hydrogens is 649 g/mol. The van der Waals surface area contributed by atoms with E-state index in [4.69, 9.17) is 4.74 Å². The van der Waals surface area contributed by atoms with Gasteiger partial charge in [0.2, 0.25) is 0 Å². The molecule has 2 aromatic rings. The van der Waals surface area contributed by atoms with Gasteiger partial charge in [-0.15, -0.1) is 0 Å². The summed E-state index contributed by atoms with van der Waals surface area (Å²) < 4.78 is 29.4. The Morgan fingerprint density at radius 1 is 0.920 bits per heavy atom. The maximum absolute atomic E-state index is 13.4. The number of sulfone groups is 1. The summed E-state index contributed by atoms with van der Waals surface area (Å²) in [4.78, 5) is 27.7. The molecule has 284 valence electrons. The third-order valence-electron chi connectivity index (χ3n) is 9.12. The zero-order valence-corrected chi connectivity index (χ0v) is 33.2. The molecule has 50 heavy (non-hydrogen) atoms. The topological polar surface area (TPSA) is 113 Å². The molecule has 1 saturated carbocycles. The van der Waals surface area contributed by atoms with Gasteiger partial charge in [0, 0.05) is 31.0 Å². The van der Waals surface area contributed by atoms with E-state index in [-0.39, 0.29) is 12.2 Å². The molecule has 2 aliphatic rings. The average molecular weight is 717 g/mol. The second kappa shape index (κ2) is 25.2. The molecule has 0 spiro atoms. The summed E-state index contributed by atoms with van der Waals surface area (Å²) in [5.74, 6) is -1.43. The molecule has 2 N–H and O–H groups in total. The summed E-state index contributed by atoms with van der Waals surface area (Å²) in [5.41, 5.74) is 4.07. The van der Waals surface area contributed by atoms with Crippen LogP contribution in [-0.4, -0.2) is 74.2 Å². The summed E-state index contributed by atoms with van der Waals surface area (Å²) >= 11 is 0. The lowest BCUT2D eigenvalue weighted by Crippen LogP contribution is -2.42. The smallest absolute Gasteiger partial charge is 0.326 e. The van der Waals surface area contributed by atoms with Crippen LogP contribution in [0.2, 0.25) is 0 Å². The number of carbonyl (C=O) groups excluding carboxylic acids is 1. The largest absolute Gasteiger partial charge is 0.480 e. The van der Waals surface area contributed by atoms with Gasteiger partial charge in [-0.1, -0.05) is 110 Å². The summed E-state index contributed by atoms with van der Waals surface area (Å²) in [7, 11) is -3.37. The average Bonchev–Trinajstić information content (AvgIpc) is 3.55. The zero-order chi connectivity index (χ0) is 37.5. The molecule has 0 aromatic heterocycles. The number of ether oxygens (including phenoxy) is 1. The van der Waals surface area contributed by atoms with Crippen LogP contribution in [0.4, 0.5) is 0 Å². The van der Waals surface area contributed by atoms with Gasteiger partial charge >= 0.3 is 5.97 Å². The van der Waals surface area contributed by atoms with Gasteiger partial charge < -0.3 is 15.2 Å². The Morgan fingerprint density at radius 2 is 1.58 bits per heavy atom. The fourth-order valence-electron chi connectivity index (χ4n) is 6.42. The molecular formula is C41H68N2O6S. The first-order chi connectivity index (χ1) is 24.0. The van der Waals surface area contributed by atoms with E-state index in [2.05, 4.69) is 24.1 Å². The number of carboxylic acids is 1. The number of nitrogens with zero attached hydrogens (tertiary/aromatic N) is 1. The predicted octanol–water partition coefficient (Wildman–Crippen LogP) is 9.09. The number of benzene rings is 2. The molecule has 8 nitrogen and oxygen atoms in total. The Bertz CT molecular complexity index is 1350. The molecule has 2 aromatic carbocycles. The minimum atomic E-state index is -3.37. The van der Waals surface area contributed by atoms with Gasteiger partial charge in [0.05, 0.1) is 12.4 Å². The zero-order valence-electron chi connectivity index (χ0n) is 32.4. The van der Waals surface area contributed by atoms with Gasteiger partial charge in [0.15, 0.2) is 0 Å². The first-order valence-electron chi connectivity index (χ1n) is 19.2. The Labute approximate surface area is 304 Å². The van der Waals surface area contributed by atoms with Gasteiger partial charge in [-0.05, 0) is 85.9 Å². The number of unbranched alkanes of at least 4 members (excludes halogenated alkanes) is 2. The minimum absolute atomic E-state index is 0.198. The quantitative estimate of drug-likeness (QED) is 0.189. The normalized spacial score (nSPS) is 16.8. The maximum Gasteiger partial charge on any atom is 0.326 e. The van der Waals surface area contributed by atoms with Crippen molar-refractivity contribution in [2.45, 2.75) is 138 Å². The molecule has 1 unspecified atom stereocenters. The predicted molar refractivity (Wildman–Crippen MR) is 209 cm³/mol. The van der Waals surface area contributed by atoms with Crippen LogP contribution in [-0.2, 0) is 25.9 Å². The standard InChI is InChI=1S/C32H44N2O6S.C5H12.2C2H6/c1-23-9-6-7-13-27(23)29-19-25(14-15-28(29)31(35)33-30(32(36)37)16-18-41(2,38)39)20-34-17-8-12-26(34)22-40-21-24-10-4-3-5-11-24;1-3-5-4-2;2*1-2/h6-7,9,13-15,19,24,26,30H,3-5,8,10-12,16-18,20-22H2,1-2H3,(H,33,35)(H,36,37);3-5H2,1-2H3;2*1-2H3/t26-,30?;;;/m0.../s1. The van der Waals surface area contributed by atoms with E-state index in [0.717, 1.165) is 67.7 Å². The number of nitrogens with one attached hydrogen (secondary N) is 1. The van der Waals surface area contributed by atoms with Crippen molar-refractivity contribution in [3.63, 3.8) is 0 Å². The summed E-state index contributed by atoms with van der Waals surface area (Å²) in [5, 5.41) is 12.2. The van der Waals surface area contributed by atoms with Crippen molar-refractivity contribution in [3.8, 4) is 11.1 Å². The molecule has 1 aliphatic heterocycles. The molecule has 1 aliphatic carbocycles. The highest BCUT2D eigenvalue weighted by atomic mass is 32.2. The van der Waals surface area contributed by atoms with Crippen LogP contribution < -0.4 is 5.32 Å². The number of likely N-dealkylation sites (tertiary alicyclic amines) is 1. The van der Waals surface area contributed by atoms with E-state index in [1.165, 1.54) is 51.4 Å². The van der Waals surface area contributed by atoms with Crippen LogP contribution in [0.1, 0.15) is 134 Å². The Balaban J connectivity index is 0.00000125. The van der Waals surface area contributed by atoms with Crippen LogP contribution in [0.25, 0.3) is 11.1 Å². The van der Waals surface area contributed by atoms with E-state index < -0.39 is 27.8 Å². The highest BCUT2D eigenvalue weighted by Gasteiger charge is 2.27. The van der Waals surface area contributed by atoms with Crippen molar-refractivity contribution in [2.75, 3.05) is 31.8 Å². The van der Waals surface area contributed by atoms with E-state index in [1.54, 1.807) is 6.07 Å². The van der Waals surface area contributed by atoms with Crippen LogP contribution in [0.3, 0.4) is 0 Å². The lowest BCUT2D eigenvalue weighted by molar-refractivity contribution is -0.139. The first-order valence-corrected chi connectivity index (χ1v) is 21.3. The van der Waals surface area contributed by atoms with E-state index in [9.17, 15) is 23.1 Å². The molecule has 9 heteroatoms. The lowest BCUT2D eigenvalue weighted by Gasteiger charge is -2.27. The second-order valence-corrected chi connectivity index (χ2v) is 15.4. The van der Waals surface area contributed by atoms with E-state index in [1.807, 2.05) is 71.0 Å². The Hall–Kier alpha value is -2.75. The highest BCUT2D eigenvalue weighted by Crippen LogP contribution is 2.30. The minimum Gasteiger partial charge on any atom is -0.480 e.